The monoisotopic (exact) mass is 280 g/mol. The van der Waals surface area contributed by atoms with E-state index in [4.69, 9.17) is 0 Å². The lowest BCUT2D eigenvalue weighted by Crippen LogP contribution is -2.04. The maximum Gasteiger partial charge on any atom is 0.166 e. The summed E-state index contributed by atoms with van der Waals surface area (Å²) in [6, 6.07) is 32.2. The Morgan fingerprint density at radius 1 is 0.400 bits per heavy atom. The van der Waals surface area contributed by atoms with E-state index in [2.05, 4.69) is 91.0 Å². The number of hydrogen-bond acceptors (Lipinski definition) is 1. The summed E-state index contributed by atoms with van der Waals surface area (Å²) in [4.78, 5) is 4.08. The highest BCUT2D eigenvalue weighted by Gasteiger charge is 2.27. The summed E-state index contributed by atoms with van der Waals surface area (Å²) in [5.74, 6) is 0. The van der Waals surface area contributed by atoms with Crippen molar-refractivity contribution in [1.29, 1.82) is 0 Å². The van der Waals surface area contributed by atoms with Crippen molar-refractivity contribution in [3.63, 3.8) is 0 Å². The van der Waals surface area contributed by atoms with Crippen LogP contribution in [0.2, 0.25) is 0 Å². The van der Waals surface area contributed by atoms with Crippen molar-refractivity contribution in [2.45, 2.75) is 14.7 Å². The van der Waals surface area contributed by atoms with Crippen LogP contribution in [0.15, 0.2) is 106 Å². The third kappa shape index (κ3) is 3.10. The van der Waals surface area contributed by atoms with Gasteiger partial charge in [0.2, 0.25) is 0 Å². The molecule has 0 bridgehead atoms. The molecule has 0 radical (unpaired) electrons. The Labute approximate surface area is 122 Å². The minimum atomic E-state index is -0.0146. The highest BCUT2D eigenvalue weighted by atomic mass is 32.2. The SMILES string of the molecule is [OH-].c1ccc([S+](c2ccccc2)c2ccccc2)cc1. The van der Waals surface area contributed by atoms with E-state index in [0.717, 1.165) is 0 Å². The minimum absolute atomic E-state index is 0. The molecule has 0 saturated heterocycles. The molecular weight excluding hydrogens is 264 g/mol. The first-order chi connectivity index (χ1) is 9.45. The largest absolute Gasteiger partial charge is 0.870 e. The Hall–Kier alpha value is -2.03. The van der Waals surface area contributed by atoms with Gasteiger partial charge in [0.25, 0.3) is 0 Å². The van der Waals surface area contributed by atoms with Crippen LogP contribution in [0.3, 0.4) is 0 Å². The van der Waals surface area contributed by atoms with Crippen molar-refractivity contribution in [3.8, 4) is 0 Å². The molecule has 3 aromatic carbocycles. The van der Waals surface area contributed by atoms with Gasteiger partial charge >= 0.3 is 0 Å². The molecule has 1 N–H and O–H groups in total. The van der Waals surface area contributed by atoms with Crippen molar-refractivity contribution in [3.05, 3.63) is 91.0 Å². The van der Waals surface area contributed by atoms with Gasteiger partial charge in [0.05, 0.1) is 10.9 Å². The van der Waals surface area contributed by atoms with E-state index >= 15 is 0 Å². The molecule has 3 aromatic rings. The lowest BCUT2D eigenvalue weighted by Gasteiger charge is -2.07. The molecule has 0 aliphatic carbocycles. The van der Waals surface area contributed by atoms with E-state index in [-0.39, 0.29) is 16.4 Å². The second kappa shape index (κ2) is 6.94. The standard InChI is InChI=1S/C18H15S.H2O/c1-4-10-16(11-5-1)19(17-12-6-2-7-13-17)18-14-8-3-9-15-18;/h1-15H;1H2/q+1;/p-1. The fourth-order valence-electron chi connectivity index (χ4n) is 2.08. The van der Waals surface area contributed by atoms with Gasteiger partial charge in [-0.15, -0.1) is 0 Å². The van der Waals surface area contributed by atoms with Crippen LogP contribution in [0.25, 0.3) is 0 Å². The maximum absolute atomic E-state index is 2.21. The van der Waals surface area contributed by atoms with Crippen LogP contribution in [0.1, 0.15) is 0 Å². The predicted octanol–water partition coefficient (Wildman–Crippen LogP) is 4.61. The van der Waals surface area contributed by atoms with E-state index < -0.39 is 0 Å². The first kappa shape index (κ1) is 14.4. The number of benzene rings is 3. The van der Waals surface area contributed by atoms with Crippen LogP contribution in [0.4, 0.5) is 0 Å². The lowest BCUT2D eigenvalue weighted by atomic mass is 10.4. The van der Waals surface area contributed by atoms with Gasteiger partial charge in [-0.25, -0.2) is 0 Å². The van der Waals surface area contributed by atoms with E-state index in [1.807, 2.05) is 0 Å². The van der Waals surface area contributed by atoms with Crippen molar-refractivity contribution in [2.24, 2.45) is 0 Å². The van der Waals surface area contributed by atoms with Gasteiger partial charge in [-0.3, -0.25) is 0 Å². The fraction of sp³-hybridized carbons (Fsp3) is 0. The second-order valence-electron chi connectivity index (χ2n) is 4.25. The van der Waals surface area contributed by atoms with Crippen molar-refractivity contribution >= 4 is 10.9 Å². The Morgan fingerprint density at radius 3 is 0.900 bits per heavy atom. The third-order valence-corrected chi connectivity index (χ3v) is 5.17. The summed E-state index contributed by atoms with van der Waals surface area (Å²) in [6.45, 7) is 0. The normalized spacial score (nSPS) is 10.1. The minimum Gasteiger partial charge on any atom is -0.870 e. The van der Waals surface area contributed by atoms with Crippen LogP contribution < -0.4 is 0 Å². The molecule has 20 heavy (non-hydrogen) atoms. The van der Waals surface area contributed by atoms with Gasteiger partial charge < -0.3 is 5.48 Å². The average Bonchev–Trinajstić information content (AvgIpc) is 2.51. The Kier molecular flexibility index (Phi) is 4.99. The molecule has 0 heterocycles. The van der Waals surface area contributed by atoms with E-state index in [1.54, 1.807) is 0 Å². The molecule has 3 rings (SSSR count). The Bertz CT molecular complexity index is 529. The zero-order valence-electron chi connectivity index (χ0n) is 11.0. The zero-order valence-corrected chi connectivity index (χ0v) is 11.8. The summed E-state index contributed by atoms with van der Waals surface area (Å²) in [7, 11) is -0.0146. The van der Waals surface area contributed by atoms with Gasteiger partial charge in [0, 0.05) is 0 Å². The van der Waals surface area contributed by atoms with Crippen molar-refractivity contribution < 1.29 is 5.48 Å². The van der Waals surface area contributed by atoms with E-state index in [9.17, 15) is 0 Å². The van der Waals surface area contributed by atoms with Crippen molar-refractivity contribution in [2.75, 3.05) is 0 Å². The molecule has 0 saturated carbocycles. The highest BCUT2D eigenvalue weighted by molar-refractivity contribution is 7.97. The first-order valence-corrected chi connectivity index (χ1v) is 7.57. The fourth-order valence-corrected chi connectivity index (χ4v) is 4.18. The molecule has 1 nitrogen and oxygen atoms in total. The van der Waals surface area contributed by atoms with Crippen LogP contribution >= 0.6 is 0 Å². The summed E-state index contributed by atoms with van der Waals surface area (Å²) >= 11 is 0. The molecule has 0 unspecified atom stereocenters. The van der Waals surface area contributed by atoms with Gasteiger partial charge in [0.15, 0.2) is 14.7 Å². The summed E-state index contributed by atoms with van der Waals surface area (Å²) < 4.78 is 0. The summed E-state index contributed by atoms with van der Waals surface area (Å²) in [6.07, 6.45) is 0. The number of hydrogen-bond donors (Lipinski definition) is 0. The molecule has 0 fully saturated rings. The molecule has 2 heteroatoms. The molecule has 0 aliphatic heterocycles. The second-order valence-corrected chi connectivity index (χ2v) is 6.27. The Morgan fingerprint density at radius 2 is 0.650 bits per heavy atom. The molecule has 0 aromatic heterocycles. The summed E-state index contributed by atoms with van der Waals surface area (Å²) in [5.41, 5.74) is 0. The maximum atomic E-state index is 2.21. The molecule has 0 aliphatic rings. The smallest absolute Gasteiger partial charge is 0.166 e. The van der Waals surface area contributed by atoms with Gasteiger partial charge in [-0.2, -0.15) is 0 Å². The highest BCUT2D eigenvalue weighted by Crippen LogP contribution is 2.30. The van der Waals surface area contributed by atoms with Crippen molar-refractivity contribution in [1.82, 2.24) is 0 Å². The van der Waals surface area contributed by atoms with E-state index in [0.29, 0.717) is 0 Å². The van der Waals surface area contributed by atoms with Gasteiger partial charge in [-0.05, 0) is 36.4 Å². The average molecular weight is 280 g/mol. The molecule has 0 spiro atoms. The molecule has 0 atom stereocenters. The van der Waals surface area contributed by atoms with Crippen LogP contribution in [-0.2, 0) is 10.9 Å². The van der Waals surface area contributed by atoms with Crippen LogP contribution in [0.5, 0.6) is 0 Å². The summed E-state index contributed by atoms with van der Waals surface area (Å²) in [5, 5.41) is 0. The first-order valence-electron chi connectivity index (χ1n) is 6.34. The van der Waals surface area contributed by atoms with Crippen LogP contribution in [0, 0.1) is 0 Å². The molecular formula is C18H16OS. The zero-order chi connectivity index (χ0) is 12.9. The number of rotatable bonds is 3. The molecule has 100 valence electrons. The van der Waals surface area contributed by atoms with Gasteiger partial charge in [-0.1, -0.05) is 54.6 Å². The van der Waals surface area contributed by atoms with E-state index in [1.165, 1.54) is 14.7 Å². The lowest BCUT2D eigenvalue weighted by molar-refractivity contribution is 0.824. The van der Waals surface area contributed by atoms with Crippen LogP contribution in [-0.4, -0.2) is 5.48 Å². The molecule has 0 amide bonds. The Balaban J connectivity index is 0.00000147. The topological polar surface area (TPSA) is 30.0 Å². The third-order valence-electron chi connectivity index (χ3n) is 2.94. The van der Waals surface area contributed by atoms with Gasteiger partial charge in [0.1, 0.15) is 0 Å². The predicted molar refractivity (Wildman–Crippen MR) is 83.4 cm³/mol. The quantitative estimate of drug-likeness (QED) is 0.644.